The summed E-state index contributed by atoms with van der Waals surface area (Å²) in [5.74, 6) is -0.462. The molecule has 7 heteroatoms. The van der Waals surface area contributed by atoms with E-state index in [0.717, 1.165) is 0 Å². The summed E-state index contributed by atoms with van der Waals surface area (Å²) in [6, 6.07) is -1.10. The standard InChI is InChI=1S/C8H15NO6/c1-3(11)9-5-7(13)6(12)4(2-10)15-8(5)14/h4-8,10,12-14H,2H2,1H3,(H,9,11)/t4-,5+,6-,7+,8+/m0/s1. The molecule has 1 aliphatic rings. The molecular formula is C8H15NO6. The van der Waals surface area contributed by atoms with E-state index in [4.69, 9.17) is 9.84 Å². The maximum absolute atomic E-state index is 10.7. The summed E-state index contributed by atoms with van der Waals surface area (Å²) in [7, 11) is 0. The first-order chi connectivity index (χ1) is 6.97. The third kappa shape index (κ3) is 2.64. The molecule has 7 nitrogen and oxygen atoms in total. The lowest BCUT2D eigenvalue weighted by atomic mass is 9.97. The Bertz CT molecular complexity index is 235. The first-order valence-electron chi connectivity index (χ1n) is 4.55. The fraction of sp³-hybridized carbons (Fsp3) is 0.875. The van der Waals surface area contributed by atoms with E-state index in [9.17, 15) is 20.1 Å². The molecule has 15 heavy (non-hydrogen) atoms. The Hall–Kier alpha value is -0.730. The van der Waals surface area contributed by atoms with Crippen molar-refractivity contribution in [1.29, 1.82) is 0 Å². The maximum atomic E-state index is 10.7. The Morgan fingerprint density at radius 2 is 1.93 bits per heavy atom. The van der Waals surface area contributed by atoms with Crippen molar-refractivity contribution in [1.82, 2.24) is 5.32 Å². The van der Waals surface area contributed by atoms with Crippen LogP contribution in [0.5, 0.6) is 0 Å². The van der Waals surface area contributed by atoms with Gasteiger partial charge in [-0.3, -0.25) is 4.79 Å². The van der Waals surface area contributed by atoms with Crippen LogP contribution in [0.2, 0.25) is 0 Å². The maximum Gasteiger partial charge on any atom is 0.217 e. The number of ether oxygens (including phenoxy) is 1. The predicted molar refractivity (Wildman–Crippen MR) is 47.6 cm³/mol. The molecule has 1 rings (SSSR count). The average Bonchev–Trinajstić information content (AvgIpc) is 2.18. The molecule has 5 N–H and O–H groups in total. The van der Waals surface area contributed by atoms with Crippen molar-refractivity contribution in [2.75, 3.05) is 6.61 Å². The molecule has 0 saturated carbocycles. The Morgan fingerprint density at radius 3 is 2.40 bits per heavy atom. The normalized spacial score (nSPS) is 41.3. The summed E-state index contributed by atoms with van der Waals surface area (Å²) >= 11 is 0. The fourth-order valence-electron chi connectivity index (χ4n) is 1.49. The van der Waals surface area contributed by atoms with Gasteiger partial charge in [0.1, 0.15) is 24.4 Å². The van der Waals surface area contributed by atoms with Crippen molar-refractivity contribution in [2.24, 2.45) is 0 Å². The monoisotopic (exact) mass is 221 g/mol. The minimum Gasteiger partial charge on any atom is -0.394 e. The van der Waals surface area contributed by atoms with Gasteiger partial charge in [-0.15, -0.1) is 0 Å². The van der Waals surface area contributed by atoms with Gasteiger partial charge in [0.05, 0.1) is 6.61 Å². The smallest absolute Gasteiger partial charge is 0.217 e. The first kappa shape index (κ1) is 12.3. The van der Waals surface area contributed by atoms with Gasteiger partial charge >= 0.3 is 0 Å². The van der Waals surface area contributed by atoms with Crippen molar-refractivity contribution >= 4 is 5.91 Å². The molecule has 88 valence electrons. The topological polar surface area (TPSA) is 119 Å². The van der Waals surface area contributed by atoms with Crippen molar-refractivity contribution < 1.29 is 30.0 Å². The van der Waals surface area contributed by atoms with Crippen LogP contribution in [0.25, 0.3) is 0 Å². The molecule has 0 aromatic carbocycles. The molecular weight excluding hydrogens is 206 g/mol. The van der Waals surface area contributed by atoms with Gasteiger partial charge in [0.15, 0.2) is 6.29 Å². The SMILES string of the molecule is CC(=O)N[C@@H]1[C@@H](O)[C@@H](O)[C@H](CO)O[C@H]1O. The summed E-state index contributed by atoms with van der Waals surface area (Å²) in [5, 5.41) is 39.4. The van der Waals surface area contributed by atoms with Crippen LogP contribution in [-0.2, 0) is 9.53 Å². The van der Waals surface area contributed by atoms with E-state index in [2.05, 4.69) is 5.32 Å². The molecule has 0 aromatic rings. The summed E-state index contributed by atoms with van der Waals surface area (Å²) in [6.45, 7) is 0.687. The van der Waals surface area contributed by atoms with Crippen LogP contribution in [0.1, 0.15) is 6.92 Å². The van der Waals surface area contributed by atoms with Crippen LogP contribution in [0.3, 0.4) is 0 Å². The Morgan fingerprint density at radius 1 is 1.33 bits per heavy atom. The zero-order valence-electron chi connectivity index (χ0n) is 8.20. The van der Waals surface area contributed by atoms with E-state index < -0.39 is 43.2 Å². The lowest BCUT2D eigenvalue weighted by Crippen LogP contribution is -2.63. The number of aliphatic hydroxyl groups is 4. The predicted octanol–water partition coefficient (Wildman–Crippen LogP) is -3.08. The molecule has 0 spiro atoms. The zero-order chi connectivity index (χ0) is 11.6. The quantitative estimate of drug-likeness (QED) is 0.337. The minimum absolute atomic E-state index is 0.462. The molecule has 0 aromatic heterocycles. The summed E-state index contributed by atoms with van der Waals surface area (Å²) in [6.07, 6.45) is -5.24. The molecule has 0 unspecified atom stereocenters. The lowest BCUT2D eigenvalue weighted by Gasteiger charge is -2.40. The second kappa shape index (κ2) is 4.86. The summed E-state index contributed by atoms with van der Waals surface area (Å²) in [4.78, 5) is 10.7. The third-order valence-electron chi connectivity index (χ3n) is 2.27. The zero-order valence-corrected chi connectivity index (χ0v) is 8.20. The van der Waals surface area contributed by atoms with Crippen molar-refractivity contribution in [3.05, 3.63) is 0 Å². The molecule has 1 aliphatic heterocycles. The highest BCUT2D eigenvalue weighted by atomic mass is 16.6. The second-order valence-corrected chi connectivity index (χ2v) is 3.46. The Balaban J connectivity index is 2.70. The molecule has 5 atom stereocenters. The van der Waals surface area contributed by atoms with Crippen molar-refractivity contribution in [2.45, 2.75) is 37.6 Å². The van der Waals surface area contributed by atoms with Gasteiger partial charge in [-0.2, -0.15) is 0 Å². The highest BCUT2D eigenvalue weighted by molar-refractivity contribution is 5.73. The number of hydrogen-bond donors (Lipinski definition) is 5. The molecule has 0 aliphatic carbocycles. The Labute approximate surface area is 86.3 Å². The first-order valence-corrected chi connectivity index (χ1v) is 4.55. The second-order valence-electron chi connectivity index (χ2n) is 3.46. The molecule has 1 amide bonds. The number of amides is 1. The summed E-state index contributed by atoms with van der Waals surface area (Å²) < 4.78 is 4.81. The lowest BCUT2D eigenvalue weighted by molar-refractivity contribution is -0.253. The average molecular weight is 221 g/mol. The van der Waals surface area contributed by atoms with Gasteiger partial charge in [0.25, 0.3) is 0 Å². The number of rotatable bonds is 2. The molecule has 1 fully saturated rings. The Kier molecular flexibility index (Phi) is 4.00. The van der Waals surface area contributed by atoms with E-state index in [-0.39, 0.29) is 0 Å². The van der Waals surface area contributed by atoms with E-state index in [1.807, 2.05) is 0 Å². The third-order valence-corrected chi connectivity index (χ3v) is 2.27. The van der Waals surface area contributed by atoms with Gasteiger partial charge in [0, 0.05) is 6.92 Å². The van der Waals surface area contributed by atoms with Crippen molar-refractivity contribution in [3.63, 3.8) is 0 Å². The van der Waals surface area contributed by atoms with E-state index in [1.165, 1.54) is 6.92 Å². The van der Waals surface area contributed by atoms with Crippen LogP contribution < -0.4 is 5.32 Å². The number of carbonyl (C=O) groups excluding carboxylic acids is 1. The summed E-state index contributed by atoms with van der Waals surface area (Å²) in [5.41, 5.74) is 0. The van der Waals surface area contributed by atoms with Crippen LogP contribution in [-0.4, -0.2) is 63.6 Å². The van der Waals surface area contributed by atoms with Crippen LogP contribution in [0, 0.1) is 0 Å². The largest absolute Gasteiger partial charge is 0.394 e. The van der Waals surface area contributed by atoms with Crippen LogP contribution >= 0.6 is 0 Å². The van der Waals surface area contributed by atoms with E-state index in [0.29, 0.717) is 0 Å². The van der Waals surface area contributed by atoms with Gasteiger partial charge in [-0.25, -0.2) is 0 Å². The van der Waals surface area contributed by atoms with Crippen LogP contribution in [0.15, 0.2) is 0 Å². The minimum atomic E-state index is -1.45. The van der Waals surface area contributed by atoms with E-state index >= 15 is 0 Å². The number of nitrogens with one attached hydrogen (secondary N) is 1. The number of hydrogen-bond acceptors (Lipinski definition) is 6. The fourth-order valence-corrected chi connectivity index (χ4v) is 1.49. The van der Waals surface area contributed by atoms with Gasteiger partial charge in [-0.1, -0.05) is 0 Å². The molecule has 1 saturated heterocycles. The van der Waals surface area contributed by atoms with Crippen LogP contribution in [0.4, 0.5) is 0 Å². The highest BCUT2D eigenvalue weighted by Crippen LogP contribution is 2.19. The van der Waals surface area contributed by atoms with Crippen molar-refractivity contribution in [3.8, 4) is 0 Å². The van der Waals surface area contributed by atoms with Gasteiger partial charge in [0.2, 0.25) is 5.91 Å². The molecule has 0 bridgehead atoms. The highest BCUT2D eigenvalue weighted by Gasteiger charge is 2.43. The number of carbonyl (C=O) groups is 1. The number of aliphatic hydroxyl groups excluding tert-OH is 4. The van der Waals surface area contributed by atoms with Gasteiger partial charge in [-0.05, 0) is 0 Å². The van der Waals surface area contributed by atoms with Gasteiger partial charge < -0.3 is 30.5 Å². The molecule has 0 radical (unpaired) electrons. The van der Waals surface area contributed by atoms with E-state index in [1.54, 1.807) is 0 Å². The molecule has 1 heterocycles.